The number of hydrogen-bond acceptors (Lipinski definition) is 4. The molecular weight excluding hydrogens is 242 g/mol. The van der Waals surface area contributed by atoms with E-state index in [2.05, 4.69) is 5.10 Å². The topological polar surface area (TPSA) is 70.1 Å². The van der Waals surface area contributed by atoms with Crippen molar-refractivity contribution in [3.05, 3.63) is 29.8 Å². The monoisotopic (exact) mass is 259 g/mol. The van der Waals surface area contributed by atoms with E-state index >= 15 is 0 Å². The van der Waals surface area contributed by atoms with Crippen molar-refractivity contribution in [1.82, 2.24) is 9.78 Å². The molecule has 0 radical (unpaired) electrons. The highest BCUT2D eigenvalue weighted by Gasteiger charge is 2.14. The summed E-state index contributed by atoms with van der Waals surface area (Å²) < 4.78 is 7.07. The number of benzene rings is 1. The Labute approximate surface area is 112 Å². The number of nitrogens with zero attached hydrogens (tertiary/aromatic N) is 2. The van der Waals surface area contributed by atoms with Gasteiger partial charge in [-0.25, -0.2) is 0 Å². The molecule has 2 N–H and O–H groups in total. The van der Waals surface area contributed by atoms with Crippen molar-refractivity contribution < 1.29 is 9.53 Å². The molecule has 5 nitrogen and oxygen atoms in total. The summed E-state index contributed by atoms with van der Waals surface area (Å²) in [6, 6.07) is 7.45. The Kier molecular flexibility index (Phi) is 3.55. The predicted molar refractivity (Wildman–Crippen MR) is 74.2 cm³/mol. The first-order chi connectivity index (χ1) is 9.02. The van der Waals surface area contributed by atoms with Gasteiger partial charge in [0, 0.05) is 12.6 Å². The molecule has 1 heterocycles. The average molecular weight is 259 g/mol. The van der Waals surface area contributed by atoms with Crippen LogP contribution in [0.2, 0.25) is 0 Å². The van der Waals surface area contributed by atoms with Gasteiger partial charge in [-0.2, -0.15) is 5.10 Å². The lowest BCUT2D eigenvalue weighted by molar-refractivity contribution is 0.112. The van der Waals surface area contributed by atoms with E-state index in [0.717, 1.165) is 17.6 Å². The number of carbonyl (C=O) groups is 1. The number of hydrogen-bond donors (Lipinski definition) is 1. The maximum atomic E-state index is 11.1. The Morgan fingerprint density at radius 3 is 2.47 bits per heavy atom. The zero-order valence-electron chi connectivity index (χ0n) is 11.3. The molecule has 19 heavy (non-hydrogen) atoms. The minimum absolute atomic E-state index is 0.127. The van der Waals surface area contributed by atoms with Gasteiger partial charge in [0.2, 0.25) is 0 Å². The molecule has 0 atom stereocenters. The second-order valence-corrected chi connectivity index (χ2v) is 4.58. The molecule has 0 aliphatic carbocycles. The number of nitrogen functional groups attached to an aromatic ring is 1. The molecule has 0 bridgehead atoms. The van der Waals surface area contributed by atoms with E-state index in [1.807, 2.05) is 38.1 Å². The van der Waals surface area contributed by atoms with Crippen LogP contribution >= 0.6 is 0 Å². The van der Waals surface area contributed by atoms with Crippen LogP contribution in [-0.4, -0.2) is 22.2 Å². The van der Waals surface area contributed by atoms with E-state index in [1.54, 1.807) is 7.05 Å². The first kappa shape index (κ1) is 13.1. The molecule has 2 aromatic rings. The SMILES string of the molecule is CC(C)Oc1ccc(-c2nn(C)c(N)c2C=O)cc1. The lowest BCUT2D eigenvalue weighted by Crippen LogP contribution is -2.05. The van der Waals surface area contributed by atoms with E-state index in [4.69, 9.17) is 10.5 Å². The fourth-order valence-corrected chi connectivity index (χ4v) is 1.85. The summed E-state index contributed by atoms with van der Waals surface area (Å²) in [6.45, 7) is 3.94. The van der Waals surface area contributed by atoms with Crippen LogP contribution in [0.3, 0.4) is 0 Å². The van der Waals surface area contributed by atoms with Crippen molar-refractivity contribution >= 4 is 12.1 Å². The lowest BCUT2D eigenvalue weighted by atomic mass is 10.1. The number of nitrogens with two attached hydrogens (primary N) is 1. The molecule has 5 heteroatoms. The summed E-state index contributed by atoms with van der Waals surface area (Å²) in [5, 5.41) is 4.26. The van der Waals surface area contributed by atoms with Crippen LogP contribution < -0.4 is 10.5 Å². The van der Waals surface area contributed by atoms with Crippen LogP contribution in [0.5, 0.6) is 5.75 Å². The van der Waals surface area contributed by atoms with Crippen molar-refractivity contribution in [1.29, 1.82) is 0 Å². The van der Waals surface area contributed by atoms with Crippen molar-refractivity contribution in [2.75, 3.05) is 5.73 Å². The smallest absolute Gasteiger partial charge is 0.156 e. The van der Waals surface area contributed by atoms with E-state index in [9.17, 15) is 4.79 Å². The summed E-state index contributed by atoms with van der Waals surface area (Å²) >= 11 is 0. The maximum Gasteiger partial charge on any atom is 0.156 e. The Morgan fingerprint density at radius 2 is 1.95 bits per heavy atom. The number of aldehydes is 1. The molecular formula is C14H17N3O2. The fraction of sp³-hybridized carbons (Fsp3) is 0.286. The number of rotatable bonds is 4. The molecule has 0 aliphatic heterocycles. The molecule has 0 amide bonds. The first-order valence-electron chi connectivity index (χ1n) is 6.07. The molecule has 0 saturated heterocycles. The zero-order chi connectivity index (χ0) is 14.0. The van der Waals surface area contributed by atoms with Crippen molar-refractivity contribution in [2.24, 2.45) is 7.05 Å². The zero-order valence-corrected chi connectivity index (χ0v) is 11.3. The van der Waals surface area contributed by atoms with Gasteiger partial charge >= 0.3 is 0 Å². The Hall–Kier alpha value is -2.30. The average Bonchev–Trinajstić information content (AvgIpc) is 2.65. The van der Waals surface area contributed by atoms with Gasteiger partial charge in [0.25, 0.3) is 0 Å². The minimum Gasteiger partial charge on any atom is -0.491 e. The summed E-state index contributed by atoms with van der Waals surface area (Å²) in [6.07, 6.45) is 0.859. The largest absolute Gasteiger partial charge is 0.491 e. The van der Waals surface area contributed by atoms with Gasteiger partial charge in [0.1, 0.15) is 17.3 Å². The second-order valence-electron chi connectivity index (χ2n) is 4.58. The van der Waals surface area contributed by atoms with Gasteiger partial charge in [-0.15, -0.1) is 0 Å². The minimum atomic E-state index is 0.127. The standard InChI is InChI=1S/C14H17N3O2/c1-9(2)19-11-6-4-10(5-7-11)13-12(8-18)14(15)17(3)16-13/h4-9H,15H2,1-3H3. The third-order valence-corrected chi connectivity index (χ3v) is 2.75. The van der Waals surface area contributed by atoms with Crippen molar-refractivity contribution in [2.45, 2.75) is 20.0 Å². The Balaban J connectivity index is 2.37. The number of aromatic nitrogens is 2. The summed E-state index contributed by atoms with van der Waals surface area (Å²) in [5.41, 5.74) is 7.64. The molecule has 0 fully saturated rings. The summed E-state index contributed by atoms with van der Waals surface area (Å²) in [7, 11) is 1.71. The summed E-state index contributed by atoms with van der Waals surface area (Å²) in [4.78, 5) is 11.1. The van der Waals surface area contributed by atoms with Crippen molar-refractivity contribution in [3.63, 3.8) is 0 Å². The highest BCUT2D eigenvalue weighted by Crippen LogP contribution is 2.27. The van der Waals surface area contributed by atoms with Crippen LogP contribution in [0.15, 0.2) is 24.3 Å². The highest BCUT2D eigenvalue weighted by molar-refractivity contribution is 5.91. The van der Waals surface area contributed by atoms with Gasteiger partial charge in [-0.3, -0.25) is 9.48 Å². The van der Waals surface area contributed by atoms with E-state index in [0.29, 0.717) is 17.1 Å². The van der Waals surface area contributed by atoms with E-state index in [1.165, 1.54) is 4.68 Å². The van der Waals surface area contributed by atoms with Gasteiger partial charge in [-0.05, 0) is 38.1 Å². The highest BCUT2D eigenvalue weighted by atomic mass is 16.5. The third kappa shape index (κ3) is 2.59. The normalized spacial score (nSPS) is 10.7. The van der Waals surface area contributed by atoms with E-state index < -0.39 is 0 Å². The lowest BCUT2D eigenvalue weighted by Gasteiger charge is -2.09. The molecule has 0 saturated carbocycles. The number of aryl methyl sites for hydroxylation is 1. The Morgan fingerprint density at radius 1 is 1.32 bits per heavy atom. The predicted octanol–water partition coefficient (Wildman–Crippen LogP) is 2.27. The molecule has 0 aliphatic rings. The number of carbonyl (C=O) groups excluding carboxylic acids is 1. The molecule has 1 aromatic heterocycles. The van der Waals surface area contributed by atoms with Gasteiger partial charge in [-0.1, -0.05) is 0 Å². The van der Waals surface area contributed by atoms with Crippen LogP contribution in [0.4, 0.5) is 5.82 Å². The van der Waals surface area contributed by atoms with E-state index in [-0.39, 0.29) is 6.10 Å². The second kappa shape index (κ2) is 5.14. The van der Waals surface area contributed by atoms with Crippen LogP contribution in [0, 0.1) is 0 Å². The molecule has 1 aromatic carbocycles. The summed E-state index contributed by atoms with van der Waals surface area (Å²) in [5.74, 6) is 1.16. The fourth-order valence-electron chi connectivity index (χ4n) is 1.85. The first-order valence-corrected chi connectivity index (χ1v) is 6.07. The van der Waals surface area contributed by atoms with Gasteiger partial charge < -0.3 is 10.5 Å². The molecule has 2 rings (SSSR count). The van der Waals surface area contributed by atoms with Gasteiger partial charge in [0.05, 0.1) is 11.7 Å². The third-order valence-electron chi connectivity index (χ3n) is 2.75. The molecule has 0 spiro atoms. The molecule has 0 unspecified atom stereocenters. The number of ether oxygens (including phenoxy) is 1. The Bertz CT molecular complexity index is 585. The quantitative estimate of drug-likeness (QED) is 0.855. The van der Waals surface area contributed by atoms with Crippen LogP contribution in [-0.2, 0) is 7.05 Å². The maximum absolute atomic E-state index is 11.1. The van der Waals surface area contributed by atoms with Crippen molar-refractivity contribution in [3.8, 4) is 17.0 Å². The number of anilines is 1. The van der Waals surface area contributed by atoms with Crippen LogP contribution in [0.1, 0.15) is 24.2 Å². The van der Waals surface area contributed by atoms with Crippen LogP contribution in [0.25, 0.3) is 11.3 Å². The molecule has 100 valence electrons. The van der Waals surface area contributed by atoms with Gasteiger partial charge in [0.15, 0.2) is 6.29 Å².